The molecule has 0 aliphatic rings. The van der Waals surface area contributed by atoms with Crippen molar-refractivity contribution in [2.75, 3.05) is 0 Å². The number of hydrogen-bond acceptors (Lipinski definition) is 3. The van der Waals surface area contributed by atoms with Gasteiger partial charge in [0, 0.05) is 22.5 Å². The molecule has 0 spiro atoms. The Labute approximate surface area is 196 Å². The molecule has 0 saturated carbocycles. The maximum atomic E-state index is 5.23. The largest absolute Gasteiger partial charge is 0.255 e. The van der Waals surface area contributed by atoms with E-state index < -0.39 is 0 Å². The first-order valence-electron chi connectivity index (χ1n) is 11.4. The number of aromatic nitrogens is 3. The van der Waals surface area contributed by atoms with Crippen molar-refractivity contribution >= 4 is 43.4 Å². The Hall–Kier alpha value is -4.63. The molecule has 7 aromatic rings. The number of pyridine rings is 3. The molecule has 0 N–H and O–H groups in total. The monoisotopic (exact) mass is 433 g/mol. The van der Waals surface area contributed by atoms with Crippen LogP contribution < -0.4 is 0 Å². The maximum absolute atomic E-state index is 5.23. The highest BCUT2D eigenvalue weighted by Gasteiger charge is 2.13. The first kappa shape index (κ1) is 18.9. The molecular weight excluding hydrogens is 414 g/mol. The van der Waals surface area contributed by atoms with Crippen molar-refractivity contribution < 1.29 is 0 Å². The summed E-state index contributed by atoms with van der Waals surface area (Å²) >= 11 is 0. The first-order valence-corrected chi connectivity index (χ1v) is 11.4. The van der Waals surface area contributed by atoms with Crippen LogP contribution in [0.1, 0.15) is 0 Å². The lowest BCUT2D eigenvalue weighted by atomic mass is 9.94. The van der Waals surface area contributed by atoms with E-state index in [0.717, 1.165) is 44.5 Å². The summed E-state index contributed by atoms with van der Waals surface area (Å²) in [7, 11) is 0. The average molecular weight is 434 g/mol. The second-order valence-corrected chi connectivity index (χ2v) is 8.51. The highest BCUT2D eigenvalue weighted by molar-refractivity contribution is 6.13. The van der Waals surface area contributed by atoms with E-state index in [0.29, 0.717) is 0 Å². The lowest BCUT2D eigenvalue weighted by molar-refractivity contribution is 1.27. The van der Waals surface area contributed by atoms with E-state index in [4.69, 9.17) is 9.97 Å². The zero-order valence-corrected chi connectivity index (χ0v) is 18.3. The third kappa shape index (κ3) is 2.95. The summed E-state index contributed by atoms with van der Waals surface area (Å²) in [6, 6.07) is 37.9. The van der Waals surface area contributed by atoms with E-state index in [-0.39, 0.29) is 0 Å². The van der Waals surface area contributed by atoms with Crippen molar-refractivity contribution in [2.45, 2.75) is 0 Å². The fourth-order valence-corrected chi connectivity index (χ4v) is 4.85. The van der Waals surface area contributed by atoms with Gasteiger partial charge >= 0.3 is 0 Å². The first-order chi connectivity index (χ1) is 16.8. The Morgan fingerprint density at radius 2 is 0.971 bits per heavy atom. The Balaban J connectivity index is 1.55. The van der Waals surface area contributed by atoms with Gasteiger partial charge in [0.1, 0.15) is 0 Å². The van der Waals surface area contributed by atoms with Gasteiger partial charge in [-0.1, -0.05) is 78.9 Å². The number of benzene rings is 4. The van der Waals surface area contributed by atoms with Gasteiger partial charge in [0.15, 0.2) is 0 Å². The fraction of sp³-hybridized carbons (Fsp3) is 0. The molecule has 3 aromatic heterocycles. The molecule has 0 unspecified atom stereocenters. The number of nitrogens with zero attached hydrogens (tertiary/aromatic N) is 3. The molecular formula is C31H19N3. The second-order valence-electron chi connectivity index (χ2n) is 8.51. The Bertz CT molecular complexity index is 1800. The summed E-state index contributed by atoms with van der Waals surface area (Å²) in [6.07, 6.45) is 1.80. The molecule has 3 heteroatoms. The normalized spacial score (nSPS) is 11.5. The van der Waals surface area contributed by atoms with E-state index in [1.54, 1.807) is 6.20 Å². The zero-order valence-electron chi connectivity index (χ0n) is 18.3. The van der Waals surface area contributed by atoms with Crippen molar-refractivity contribution in [1.82, 2.24) is 15.0 Å². The number of rotatable bonds is 2. The van der Waals surface area contributed by atoms with Gasteiger partial charge in [-0.25, -0.2) is 9.97 Å². The van der Waals surface area contributed by atoms with Crippen molar-refractivity contribution in [3.05, 3.63) is 115 Å². The molecule has 34 heavy (non-hydrogen) atoms. The Kier molecular flexibility index (Phi) is 4.15. The standard InChI is InChI=1S/C31H19N3/c1-3-9-24-22(7-1)19-23-8-2-4-10-25(23)29(24)28-17-15-21-13-12-20-14-16-27(26-11-5-6-18-32-26)33-30(20)31(21)34-28/h1-19H. The van der Waals surface area contributed by atoms with Crippen molar-refractivity contribution in [2.24, 2.45) is 0 Å². The molecule has 0 fully saturated rings. The van der Waals surface area contributed by atoms with Gasteiger partial charge in [-0.3, -0.25) is 4.98 Å². The van der Waals surface area contributed by atoms with E-state index >= 15 is 0 Å². The molecule has 0 saturated heterocycles. The SMILES string of the molecule is c1ccc(-c2ccc3ccc4ccc(-c5c6ccccc6cc6ccccc56)nc4c3n2)nc1. The second kappa shape index (κ2) is 7.46. The molecule has 0 atom stereocenters. The molecule has 0 radical (unpaired) electrons. The predicted octanol–water partition coefficient (Wildman–Crippen LogP) is 7.82. The van der Waals surface area contributed by atoms with E-state index in [1.165, 1.54) is 21.5 Å². The minimum absolute atomic E-state index is 0.850. The van der Waals surface area contributed by atoms with Gasteiger partial charge in [0.25, 0.3) is 0 Å². The van der Waals surface area contributed by atoms with Crippen LogP contribution in [0.2, 0.25) is 0 Å². The molecule has 0 bridgehead atoms. The fourth-order valence-electron chi connectivity index (χ4n) is 4.85. The highest BCUT2D eigenvalue weighted by Crippen LogP contribution is 2.37. The van der Waals surface area contributed by atoms with Gasteiger partial charge in [-0.2, -0.15) is 0 Å². The van der Waals surface area contributed by atoms with E-state index in [2.05, 4.69) is 89.9 Å². The van der Waals surface area contributed by atoms with Crippen LogP contribution in [-0.2, 0) is 0 Å². The molecule has 0 amide bonds. The number of fused-ring (bicyclic) bond motifs is 5. The van der Waals surface area contributed by atoms with Crippen LogP contribution in [-0.4, -0.2) is 15.0 Å². The minimum atomic E-state index is 0.850. The quantitative estimate of drug-likeness (QED) is 0.206. The minimum Gasteiger partial charge on any atom is -0.255 e. The summed E-state index contributed by atoms with van der Waals surface area (Å²) in [5, 5.41) is 6.98. The molecule has 0 aliphatic heterocycles. The van der Waals surface area contributed by atoms with Crippen LogP contribution in [0.5, 0.6) is 0 Å². The summed E-state index contributed by atoms with van der Waals surface area (Å²) in [5.74, 6) is 0. The summed E-state index contributed by atoms with van der Waals surface area (Å²) in [4.78, 5) is 14.7. The van der Waals surface area contributed by atoms with Gasteiger partial charge in [0.2, 0.25) is 0 Å². The average Bonchev–Trinajstić information content (AvgIpc) is 2.91. The van der Waals surface area contributed by atoms with Crippen molar-refractivity contribution in [3.63, 3.8) is 0 Å². The number of hydrogen-bond donors (Lipinski definition) is 0. The van der Waals surface area contributed by atoms with Crippen LogP contribution in [0.15, 0.2) is 115 Å². The molecule has 0 aliphatic carbocycles. The lowest BCUT2D eigenvalue weighted by Gasteiger charge is -2.13. The van der Waals surface area contributed by atoms with Crippen LogP contribution in [0.4, 0.5) is 0 Å². The summed E-state index contributed by atoms with van der Waals surface area (Å²) < 4.78 is 0. The van der Waals surface area contributed by atoms with Gasteiger partial charge in [0.05, 0.1) is 28.1 Å². The molecule has 158 valence electrons. The summed E-state index contributed by atoms with van der Waals surface area (Å²) in [5.41, 5.74) is 5.63. The Morgan fingerprint density at radius 1 is 0.412 bits per heavy atom. The molecule has 3 heterocycles. The van der Waals surface area contributed by atoms with E-state index in [1.807, 2.05) is 24.3 Å². The van der Waals surface area contributed by atoms with Crippen LogP contribution in [0, 0.1) is 0 Å². The van der Waals surface area contributed by atoms with Gasteiger partial charge < -0.3 is 0 Å². The Morgan fingerprint density at radius 3 is 1.62 bits per heavy atom. The molecule has 4 aromatic carbocycles. The van der Waals surface area contributed by atoms with Crippen LogP contribution in [0.3, 0.4) is 0 Å². The third-order valence-electron chi connectivity index (χ3n) is 6.47. The molecule has 3 nitrogen and oxygen atoms in total. The van der Waals surface area contributed by atoms with Crippen molar-refractivity contribution in [3.8, 4) is 22.6 Å². The predicted molar refractivity (Wildman–Crippen MR) is 141 cm³/mol. The van der Waals surface area contributed by atoms with E-state index in [9.17, 15) is 0 Å². The molecule has 7 rings (SSSR count). The van der Waals surface area contributed by atoms with Crippen LogP contribution in [0.25, 0.3) is 66.0 Å². The highest BCUT2D eigenvalue weighted by atomic mass is 14.8. The lowest BCUT2D eigenvalue weighted by Crippen LogP contribution is -1.93. The zero-order chi connectivity index (χ0) is 22.5. The van der Waals surface area contributed by atoms with Gasteiger partial charge in [-0.05, 0) is 51.9 Å². The smallest absolute Gasteiger partial charge is 0.0973 e. The third-order valence-corrected chi connectivity index (χ3v) is 6.47. The van der Waals surface area contributed by atoms with Gasteiger partial charge in [-0.15, -0.1) is 0 Å². The summed E-state index contributed by atoms with van der Waals surface area (Å²) in [6.45, 7) is 0. The maximum Gasteiger partial charge on any atom is 0.0973 e. The topological polar surface area (TPSA) is 38.7 Å². The van der Waals surface area contributed by atoms with Crippen molar-refractivity contribution in [1.29, 1.82) is 0 Å². The van der Waals surface area contributed by atoms with Crippen LogP contribution >= 0.6 is 0 Å².